The third kappa shape index (κ3) is 5.70. The summed E-state index contributed by atoms with van der Waals surface area (Å²) < 4.78 is 24.9. The lowest BCUT2D eigenvalue weighted by Crippen LogP contribution is -2.53. The molecule has 1 fully saturated rings. The lowest BCUT2D eigenvalue weighted by atomic mass is 10.0. The predicted molar refractivity (Wildman–Crippen MR) is 139 cm³/mol. The number of nitrogens with one attached hydrogen (secondary N) is 2. The first-order valence-electron chi connectivity index (χ1n) is 12.2. The number of para-hydroxylation sites is 1. The molecule has 0 aliphatic carbocycles. The summed E-state index contributed by atoms with van der Waals surface area (Å²) in [6, 6.07) is 15.8. The first kappa shape index (κ1) is 25.0. The van der Waals surface area contributed by atoms with E-state index in [4.69, 9.17) is 9.47 Å². The number of piperazine rings is 1. The average Bonchev–Trinajstić information content (AvgIpc) is 3.60. The van der Waals surface area contributed by atoms with Crippen LogP contribution >= 0.6 is 11.3 Å². The van der Waals surface area contributed by atoms with Crippen LogP contribution in [0.3, 0.4) is 0 Å². The molecule has 0 saturated carbocycles. The number of rotatable bonds is 7. The SMILES string of the molecule is C[C@@H](NC(=O)C(=O)NCc1ccc2c(c1)OCO2)[C@@H](c1cccs1)N1CCN(c2ccccc2F)CC1. The van der Waals surface area contributed by atoms with Crippen molar-refractivity contribution in [1.29, 1.82) is 0 Å². The molecule has 0 radical (unpaired) electrons. The van der Waals surface area contributed by atoms with Gasteiger partial charge in [0.1, 0.15) is 5.82 Å². The van der Waals surface area contributed by atoms with E-state index in [1.165, 1.54) is 6.07 Å². The van der Waals surface area contributed by atoms with Crippen molar-refractivity contribution in [3.05, 3.63) is 76.2 Å². The second kappa shape index (κ2) is 11.2. The Labute approximate surface area is 219 Å². The number of halogens is 1. The van der Waals surface area contributed by atoms with E-state index in [0.717, 1.165) is 10.4 Å². The molecule has 3 aromatic rings. The van der Waals surface area contributed by atoms with Crippen LogP contribution in [0.15, 0.2) is 60.0 Å². The number of fused-ring (bicyclic) bond motifs is 1. The van der Waals surface area contributed by atoms with E-state index in [-0.39, 0.29) is 31.2 Å². The summed E-state index contributed by atoms with van der Waals surface area (Å²) in [5, 5.41) is 7.57. The third-order valence-electron chi connectivity index (χ3n) is 6.66. The van der Waals surface area contributed by atoms with E-state index in [1.54, 1.807) is 35.6 Å². The summed E-state index contributed by atoms with van der Waals surface area (Å²) in [5.41, 5.74) is 1.41. The van der Waals surface area contributed by atoms with Crippen LogP contribution in [0.25, 0.3) is 0 Å². The normalized spacial score (nSPS) is 16.8. The molecule has 0 spiro atoms. The van der Waals surface area contributed by atoms with Gasteiger partial charge in [-0.1, -0.05) is 24.3 Å². The minimum absolute atomic E-state index is 0.103. The van der Waals surface area contributed by atoms with E-state index < -0.39 is 11.8 Å². The van der Waals surface area contributed by atoms with Crippen molar-refractivity contribution in [3.63, 3.8) is 0 Å². The first-order valence-corrected chi connectivity index (χ1v) is 13.1. The van der Waals surface area contributed by atoms with Gasteiger partial charge in [-0.05, 0) is 48.2 Å². The number of ether oxygens (including phenoxy) is 2. The van der Waals surface area contributed by atoms with Gasteiger partial charge >= 0.3 is 11.8 Å². The molecule has 194 valence electrons. The Kier molecular flexibility index (Phi) is 7.57. The van der Waals surface area contributed by atoms with Crippen molar-refractivity contribution in [3.8, 4) is 11.5 Å². The Bertz CT molecular complexity index is 1250. The van der Waals surface area contributed by atoms with Crippen LogP contribution in [0, 0.1) is 5.82 Å². The van der Waals surface area contributed by atoms with Gasteiger partial charge in [-0.3, -0.25) is 14.5 Å². The zero-order valence-corrected chi connectivity index (χ0v) is 21.3. The Hall–Kier alpha value is -3.63. The maximum absolute atomic E-state index is 14.3. The van der Waals surface area contributed by atoms with E-state index >= 15 is 0 Å². The highest BCUT2D eigenvalue weighted by atomic mass is 32.1. The highest BCUT2D eigenvalue weighted by Crippen LogP contribution is 2.33. The van der Waals surface area contributed by atoms with E-state index in [9.17, 15) is 14.0 Å². The average molecular weight is 525 g/mol. The Morgan fingerprint density at radius 2 is 1.78 bits per heavy atom. The van der Waals surface area contributed by atoms with Gasteiger partial charge in [0, 0.05) is 43.6 Å². The highest BCUT2D eigenvalue weighted by molar-refractivity contribution is 7.10. The molecule has 0 unspecified atom stereocenters. The number of anilines is 1. The number of carbonyl (C=O) groups is 2. The molecule has 2 atom stereocenters. The molecule has 0 bridgehead atoms. The van der Waals surface area contributed by atoms with Gasteiger partial charge in [-0.2, -0.15) is 0 Å². The monoisotopic (exact) mass is 524 g/mol. The quantitative estimate of drug-likeness (QED) is 0.462. The number of nitrogens with zero attached hydrogens (tertiary/aromatic N) is 2. The van der Waals surface area contributed by atoms with E-state index in [2.05, 4.69) is 15.5 Å². The van der Waals surface area contributed by atoms with Crippen LogP contribution in [0.1, 0.15) is 23.4 Å². The summed E-state index contributed by atoms with van der Waals surface area (Å²) in [7, 11) is 0. The summed E-state index contributed by atoms with van der Waals surface area (Å²) in [6.07, 6.45) is 0. The van der Waals surface area contributed by atoms with E-state index in [0.29, 0.717) is 43.4 Å². The number of hydrogen-bond acceptors (Lipinski definition) is 7. The number of hydrogen-bond donors (Lipinski definition) is 2. The Morgan fingerprint density at radius 3 is 2.54 bits per heavy atom. The maximum Gasteiger partial charge on any atom is 0.309 e. The van der Waals surface area contributed by atoms with Gasteiger partial charge in [0.25, 0.3) is 0 Å². The third-order valence-corrected chi connectivity index (χ3v) is 7.61. The lowest BCUT2D eigenvalue weighted by Gasteiger charge is -2.42. The highest BCUT2D eigenvalue weighted by Gasteiger charge is 2.32. The molecule has 2 N–H and O–H groups in total. The smallest absolute Gasteiger partial charge is 0.309 e. The minimum atomic E-state index is -0.696. The predicted octanol–water partition coefficient (Wildman–Crippen LogP) is 3.30. The summed E-state index contributed by atoms with van der Waals surface area (Å²) in [4.78, 5) is 30.8. The van der Waals surface area contributed by atoms with Gasteiger partial charge in [-0.15, -0.1) is 11.3 Å². The number of carbonyl (C=O) groups excluding carboxylic acids is 2. The van der Waals surface area contributed by atoms with Gasteiger partial charge in [0.05, 0.1) is 11.7 Å². The summed E-state index contributed by atoms with van der Waals surface area (Å²) >= 11 is 1.62. The molecule has 2 amide bonds. The fourth-order valence-electron chi connectivity index (χ4n) is 4.82. The Morgan fingerprint density at radius 1 is 1.00 bits per heavy atom. The van der Waals surface area contributed by atoms with Crippen LogP contribution < -0.4 is 25.0 Å². The van der Waals surface area contributed by atoms with Crippen molar-refractivity contribution in [2.45, 2.75) is 25.6 Å². The Balaban J connectivity index is 1.19. The lowest BCUT2D eigenvalue weighted by molar-refractivity contribution is -0.140. The van der Waals surface area contributed by atoms with Crippen LogP contribution in [-0.2, 0) is 16.1 Å². The fraction of sp³-hybridized carbons (Fsp3) is 0.333. The molecule has 2 aliphatic heterocycles. The van der Waals surface area contributed by atoms with Crippen molar-refractivity contribution >= 4 is 28.8 Å². The fourth-order valence-corrected chi connectivity index (χ4v) is 5.78. The zero-order valence-electron chi connectivity index (χ0n) is 20.5. The van der Waals surface area contributed by atoms with Crippen molar-refractivity contribution in [2.75, 3.05) is 37.9 Å². The molecule has 2 aliphatic rings. The summed E-state index contributed by atoms with van der Waals surface area (Å²) in [6.45, 7) is 5.02. The number of thiophene rings is 1. The van der Waals surface area contributed by atoms with Crippen molar-refractivity contribution in [2.24, 2.45) is 0 Å². The molecule has 37 heavy (non-hydrogen) atoms. The number of benzene rings is 2. The molecular weight excluding hydrogens is 495 g/mol. The molecule has 10 heteroatoms. The van der Waals surface area contributed by atoms with Crippen LogP contribution in [0.2, 0.25) is 0 Å². The molecule has 5 rings (SSSR count). The number of amides is 2. The van der Waals surface area contributed by atoms with Crippen LogP contribution in [0.5, 0.6) is 11.5 Å². The first-order chi connectivity index (χ1) is 18.0. The zero-order chi connectivity index (χ0) is 25.8. The molecule has 3 heterocycles. The second-order valence-electron chi connectivity index (χ2n) is 9.07. The maximum atomic E-state index is 14.3. The van der Waals surface area contributed by atoms with Crippen molar-refractivity contribution < 1.29 is 23.5 Å². The van der Waals surface area contributed by atoms with Crippen LogP contribution in [0.4, 0.5) is 10.1 Å². The van der Waals surface area contributed by atoms with Gasteiger partial charge in [0.15, 0.2) is 11.5 Å². The van der Waals surface area contributed by atoms with Gasteiger partial charge in [-0.25, -0.2) is 4.39 Å². The summed E-state index contributed by atoms with van der Waals surface area (Å²) in [5.74, 6) is -0.313. The second-order valence-corrected chi connectivity index (χ2v) is 10.0. The largest absolute Gasteiger partial charge is 0.454 e. The minimum Gasteiger partial charge on any atom is -0.454 e. The molecule has 8 nitrogen and oxygen atoms in total. The molecule has 1 aromatic heterocycles. The topological polar surface area (TPSA) is 83.1 Å². The molecule has 2 aromatic carbocycles. The van der Waals surface area contributed by atoms with Crippen LogP contribution in [-0.4, -0.2) is 55.7 Å². The van der Waals surface area contributed by atoms with Crippen molar-refractivity contribution in [1.82, 2.24) is 15.5 Å². The van der Waals surface area contributed by atoms with E-state index in [1.807, 2.05) is 41.5 Å². The standard InChI is InChI=1S/C27H29FN4O4S/c1-18(30-27(34)26(33)29-16-19-8-9-22-23(15-19)36-17-35-22)25(24-7-4-14-37-24)32-12-10-31(11-13-32)21-6-3-2-5-20(21)28/h2-9,14-15,18,25H,10-13,16-17H2,1H3,(H,29,33)(H,30,34)/t18-,25+/m1/s1. The van der Waals surface area contributed by atoms with Gasteiger partial charge < -0.3 is 25.0 Å². The van der Waals surface area contributed by atoms with Gasteiger partial charge in [0.2, 0.25) is 6.79 Å². The molecular formula is C27H29FN4O4S. The molecule has 1 saturated heterocycles.